The summed E-state index contributed by atoms with van der Waals surface area (Å²) in [6, 6.07) is 5.69. The highest BCUT2D eigenvalue weighted by Crippen LogP contribution is 2.37. The molecule has 0 unspecified atom stereocenters. The van der Waals surface area contributed by atoms with E-state index in [0.29, 0.717) is 57.3 Å². The molecule has 2 aliphatic rings. The molecule has 9 heteroatoms. The lowest BCUT2D eigenvalue weighted by Gasteiger charge is -2.39. The van der Waals surface area contributed by atoms with Gasteiger partial charge in [0, 0.05) is 52.4 Å². The van der Waals surface area contributed by atoms with Gasteiger partial charge in [0.15, 0.2) is 5.96 Å². The highest BCUT2D eigenvalue weighted by Gasteiger charge is 2.37. The van der Waals surface area contributed by atoms with Gasteiger partial charge in [-0.15, -0.1) is 24.0 Å². The summed E-state index contributed by atoms with van der Waals surface area (Å²) in [7, 11) is 3.65. The van der Waals surface area contributed by atoms with E-state index in [4.69, 9.17) is 9.47 Å². The maximum absolute atomic E-state index is 13.3. The van der Waals surface area contributed by atoms with Crippen molar-refractivity contribution in [2.45, 2.75) is 37.3 Å². The van der Waals surface area contributed by atoms with E-state index in [0.717, 1.165) is 18.6 Å². The number of hydrogen-bond donors (Lipinski definition) is 1. The Labute approximate surface area is 199 Å². The molecule has 0 aromatic heterocycles. The van der Waals surface area contributed by atoms with E-state index in [9.17, 15) is 13.2 Å². The fraction of sp³-hybridized carbons (Fsp3) is 0.682. The molecule has 31 heavy (non-hydrogen) atoms. The molecule has 3 rings (SSSR count). The molecule has 5 nitrogen and oxygen atoms in total. The molecular weight excluding hydrogens is 522 g/mol. The fourth-order valence-electron chi connectivity index (χ4n) is 3.83. The van der Waals surface area contributed by atoms with Crippen molar-refractivity contribution in [3.63, 3.8) is 0 Å². The lowest BCUT2D eigenvalue weighted by molar-refractivity contribution is -0.137. The monoisotopic (exact) mass is 555 g/mol. The van der Waals surface area contributed by atoms with Gasteiger partial charge in [-0.25, -0.2) is 0 Å². The van der Waals surface area contributed by atoms with E-state index < -0.39 is 17.2 Å². The first kappa shape index (κ1) is 26.2. The van der Waals surface area contributed by atoms with Crippen molar-refractivity contribution in [3.05, 3.63) is 35.4 Å². The van der Waals surface area contributed by atoms with Crippen molar-refractivity contribution in [2.24, 2.45) is 10.9 Å². The van der Waals surface area contributed by atoms with Gasteiger partial charge in [0.05, 0.1) is 12.2 Å². The lowest BCUT2D eigenvalue weighted by Crippen LogP contribution is -2.49. The predicted molar refractivity (Wildman–Crippen MR) is 126 cm³/mol. The van der Waals surface area contributed by atoms with Crippen LogP contribution in [0.2, 0.25) is 0 Å². The van der Waals surface area contributed by atoms with Crippen molar-refractivity contribution in [1.82, 2.24) is 10.2 Å². The van der Waals surface area contributed by atoms with Crippen LogP contribution in [0, 0.1) is 5.92 Å². The second-order valence-electron chi connectivity index (χ2n) is 8.31. The minimum atomic E-state index is -4.35. The Morgan fingerprint density at radius 1 is 1.29 bits per heavy atom. The highest BCUT2D eigenvalue weighted by atomic mass is 127. The summed E-state index contributed by atoms with van der Waals surface area (Å²) < 4.78 is 51.0. The number of likely N-dealkylation sites (N-methyl/N-ethyl adjacent to an activating group) is 1. The number of nitrogens with one attached hydrogen (secondary N) is 1. The number of halogens is 4. The summed E-state index contributed by atoms with van der Waals surface area (Å²) in [4.78, 5) is 6.34. The van der Waals surface area contributed by atoms with E-state index >= 15 is 0 Å². The standard InChI is InChI=1S/C22H32F3N3O2.HI/c1-26-20(28(2)10-13-30-15-17-6-7-17)27-16-21(8-11-29-12-9-21)18-4-3-5-19(14-18)22(23,24)25;/h3-5,14,17H,6-13,15-16H2,1-2H3,(H,26,27);1H. The van der Waals surface area contributed by atoms with Gasteiger partial charge in [-0.1, -0.05) is 18.2 Å². The first-order chi connectivity index (χ1) is 14.3. The van der Waals surface area contributed by atoms with Crippen LogP contribution in [0.3, 0.4) is 0 Å². The Bertz CT molecular complexity index is 720. The maximum Gasteiger partial charge on any atom is 0.416 e. The Morgan fingerprint density at radius 3 is 2.61 bits per heavy atom. The number of rotatable bonds is 8. The van der Waals surface area contributed by atoms with Crippen LogP contribution in [0.4, 0.5) is 13.2 Å². The quantitative estimate of drug-likeness (QED) is 0.225. The lowest BCUT2D eigenvalue weighted by atomic mass is 9.73. The minimum absolute atomic E-state index is 0. The summed E-state index contributed by atoms with van der Waals surface area (Å²) >= 11 is 0. The predicted octanol–water partition coefficient (Wildman–Crippen LogP) is 4.31. The Hall–Kier alpha value is -1.07. The van der Waals surface area contributed by atoms with E-state index in [1.54, 1.807) is 13.1 Å². The Morgan fingerprint density at radius 2 is 2.00 bits per heavy atom. The molecule has 0 atom stereocenters. The highest BCUT2D eigenvalue weighted by molar-refractivity contribution is 14.0. The van der Waals surface area contributed by atoms with Gasteiger partial charge in [-0.2, -0.15) is 13.2 Å². The average Bonchev–Trinajstić information content (AvgIpc) is 3.56. The third kappa shape index (κ3) is 7.49. The molecule has 1 aliphatic heterocycles. The van der Waals surface area contributed by atoms with Crippen molar-refractivity contribution in [3.8, 4) is 0 Å². The first-order valence-corrected chi connectivity index (χ1v) is 10.6. The summed E-state index contributed by atoms with van der Waals surface area (Å²) in [5.74, 6) is 1.44. The molecule has 0 radical (unpaired) electrons. The number of aliphatic imine (C=N–C) groups is 1. The summed E-state index contributed by atoms with van der Waals surface area (Å²) in [5, 5.41) is 3.38. The van der Waals surface area contributed by atoms with Crippen molar-refractivity contribution < 1.29 is 22.6 Å². The van der Waals surface area contributed by atoms with Gasteiger partial charge in [-0.3, -0.25) is 4.99 Å². The molecule has 2 fully saturated rings. The topological polar surface area (TPSA) is 46.1 Å². The number of benzene rings is 1. The molecule has 176 valence electrons. The SMILES string of the molecule is CN=C(NCC1(c2cccc(C(F)(F)F)c2)CCOCC1)N(C)CCOCC1CC1.I. The number of guanidine groups is 1. The Kier molecular flexibility index (Phi) is 9.88. The van der Waals surface area contributed by atoms with Crippen LogP contribution in [0.1, 0.15) is 36.8 Å². The number of nitrogens with zero attached hydrogens (tertiary/aromatic N) is 2. The van der Waals surface area contributed by atoms with Crippen LogP contribution in [-0.4, -0.2) is 64.5 Å². The fourth-order valence-corrected chi connectivity index (χ4v) is 3.83. The second kappa shape index (κ2) is 11.7. The molecule has 1 aromatic carbocycles. The average molecular weight is 555 g/mol. The third-order valence-electron chi connectivity index (χ3n) is 6.03. The van der Waals surface area contributed by atoms with Crippen LogP contribution >= 0.6 is 24.0 Å². The van der Waals surface area contributed by atoms with Crippen molar-refractivity contribution in [2.75, 3.05) is 53.6 Å². The number of ether oxygens (including phenoxy) is 2. The van der Waals surface area contributed by atoms with Gasteiger partial charge in [0.1, 0.15) is 0 Å². The summed E-state index contributed by atoms with van der Waals surface area (Å²) in [5.41, 5.74) is -0.349. The first-order valence-electron chi connectivity index (χ1n) is 10.6. The molecule has 0 amide bonds. The molecule has 1 aliphatic carbocycles. The van der Waals surface area contributed by atoms with Gasteiger partial charge >= 0.3 is 6.18 Å². The van der Waals surface area contributed by atoms with Crippen LogP contribution < -0.4 is 5.32 Å². The maximum atomic E-state index is 13.3. The second-order valence-corrected chi connectivity index (χ2v) is 8.31. The largest absolute Gasteiger partial charge is 0.416 e. The van der Waals surface area contributed by atoms with E-state index in [2.05, 4.69) is 10.3 Å². The van der Waals surface area contributed by atoms with Crippen molar-refractivity contribution >= 4 is 29.9 Å². The van der Waals surface area contributed by atoms with E-state index in [-0.39, 0.29) is 24.0 Å². The third-order valence-corrected chi connectivity index (χ3v) is 6.03. The normalized spacial score (nSPS) is 18.9. The summed E-state index contributed by atoms with van der Waals surface area (Å²) in [6.07, 6.45) is -0.508. The van der Waals surface area contributed by atoms with Crippen LogP contribution in [-0.2, 0) is 21.1 Å². The molecular formula is C22H33F3IN3O2. The zero-order chi connectivity index (χ0) is 21.6. The van der Waals surface area contributed by atoms with E-state index in [1.807, 2.05) is 11.9 Å². The smallest absolute Gasteiger partial charge is 0.381 e. The minimum Gasteiger partial charge on any atom is -0.381 e. The van der Waals surface area contributed by atoms with Gasteiger partial charge < -0.3 is 19.7 Å². The summed E-state index contributed by atoms with van der Waals surface area (Å²) in [6.45, 7) is 3.70. The van der Waals surface area contributed by atoms with Gasteiger partial charge in [0.25, 0.3) is 0 Å². The molecule has 1 heterocycles. The Balaban J connectivity index is 0.00000341. The molecule has 1 saturated heterocycles. The molecule has 0 bridgehead atoms. The molecule has 1 N–H and O–H groups in total. The van der Waals surface area contributed by atoms with Gasteiger partial charge in [0.2, 0.25) is 0 Å². The molecule has 1 saturated carbocycles. The number of alkyl halides is 3. The van der Waals surface area contributed by atoms with Crippen LogP contribution in [0.25, 0.3) is 0 Å². The van der Waals surface area contributed by atoms with Crippen LogP contribution in [0.15, 0.2) is 29.3 Å². The number of hydrogen-bond acceptors (Lipinski definition) is 3. The molecule has 1 aromatic rings. The van der Waals surface area contributed by atoms with Gasteiger partial charge in [-0.05, 0) is 43.2 Å². The van der Waals surface area contributed by atoms with Crippen molar-refractivity contribution in [1.29, 1.82) is 0 Å². The zero-order valence-corrected chi connectivity index (χ0v) is 20.5. The van der Waals surface area contributed by atoms with E-state index in [1.165, 1.54) is 25.0 Å². The molecule has 0 spiro atoms. The zero-order valence-electron chi connectivity index (χ0n) is 18.2. The van der Waals surface area contributed by atoms with Crippen LogP contribution in [0.5, 0.6) is 0 Å².